The Kier molecular flexibility index (Phi) is 5.71. The molecule has 0 atom stereocenters. The minimum absolute atomic E-state index is 0.0333. The van der Waals surface area contributed by atoms with Crippen LogP contribution >= 0.6 is 11.3 Å². The number of carbonyl (C=O) groups is 1. The molecule has 0 aliphatic rings. The Balaban J connectivity index is 1.96. The molecule has 0 spiro atoms. The minimum atomic E-state index is -0.0856. The Hall–Kier alpha value is -1.92. The summed E-state index contributed by atoms with van der Waals surface area (Å²) in [6.07, 6.45) is 0. The Morgan fingerprint density at radius 2 is 2.14 bits per heavy atom. The highest BCUT2D eigenvalue weighted by Gasteiger charge is 2.13. The molecule has 1 aromatic carbocycles. The van der Waals surface area contributed by atoms with E-state index in [0.717, 1.165) is 5.69 Å². The van der Waals surface area contributed by atoms with E-state index < -0.39 is 0 Å². The van der Waals surface area contributed by atoms with Crippen molar-refractivity contribution in [3.05, 3.63) is 46.4 Å². The van der Waals surface area contributed by atoms with Crippen molar-refractivity contribution in [1.82, 2.24) is 9.88 Å². The Bertz CT molecular complexity index is 555. The molecule has 0 fully saturated rings. The summed E-state index contributed by atoms with van der Waals surface area (Å²) in [5.41, 5.74) is 3.24. The molecule has 6 heteroatoms. The molecule has 1 aromatic heterocycles. The first-order valence-electron chi connectivity index (χ1n) is 6.74. The summed E-state index contributed by atoms with van der Waals surface area (Å²) in [5.74, 6) is 0.613. The lowest BCUT2D eigenvalue weighted by Crippen LogP contribution is -2.33. The first-order valence-corrected chi connectivity index (χ1v) is 7.69. The van der Waals surface area contributed by atoms with E-state index in [0.29, 0.717) is 31.0 Å². The molecule has 2 aromatic rings. The maximum absolute atomic E-state index is 12.2. The van der Waals surface area contributed by atoms with E-state index in [-0.39, 0.29) is 12.5 Å². The van der Waals surface area contributed by atoms with Gasteiger partial charge in [-0.2, -0.15) is 0 Å². The molecule has 112 valence electrons. The maximum Gasteiger partial charge on any atom is 0.253 e. The van der Waals surface area contributed by atoms with Crippen LogP contribution in [0.4, 0.5) is 0 Å². The van der Waals surface area contributed by atoms with E-state index in [2.05, 4.69) is 4.98 Å². The predicted molar refractivity (Wildman–Crippen MR) is 81.6 cm³/mol. The summed E-state index contributed by atoms with van der Waals surface area (Å²) < 4.78 is 5.60. The van der Waals surface area contributed by atoms with Gasteiger partial charge in [0.2, 0.25) is 0 Å². The normalized spacial score (nSPS) is 10.4. The molecule has 0 saturated carbocycles. The fourth-order valence-corrected chi connectivity index (χ4v) is 2.41. The number of nitrogens with zero attached hydrogens (tertiary/aromatic N) is 2. The van der Waals surface area contributed by atoms with Crippen molar-refractivity contribution in [2.45, 2.75) is 13.5 Å². The highest BCUT2D eigenvalue weighted by Crippen LogP contribution is 2.15. The van der Waals surface area contributed by atoms with Crippen molar-refractivity contribution in [3.63, 3.8) is 0 Å². The number of likely N-dealkylation sites (N-methyl/N-ethyl adjacent to an activating group) is 1. The third-order valence-corrected chi connectivity index (χ3v) is 3.65. The van der Waals surface area contributed by atoms with E-state index in [1.54, 1.807) is 34.7 Å². The standard InChI is InChI=1S/C15H18N2O3S/c1-2-17(7-8-18)15(19)12-3-5-14(6-4-12)20-9-13-10-21-11-16-13/h3-6,10-11,18H,2,7-9H2,1H3. The van der Waals surface area contributed by atoms with Crippen LogP contribution in [-0.2, 0) is 6.61 Å². The fraction of sp³-hybridized carbons (Fsp3) is 0.333. The number of rotatable bonds is 7. The Morgan fingerprint density at radius 1 is 1.38 bits per heavy atom. The second-order valence-corrected chi connectivity index (χ2v) is 5.12. The van der Waals surface area contributed by atoms with Crippen LogP contribution in [0.2, 0.25) is 0 Å². The van der Waals surface area contributed by atoms with Crippen molar-refractivity contribution >= 4 is 17.2 Å². The zero-order valence-electron chi connectivity index (χ0n) is 11.9. The number of ether oxygens (including phenoxy) is 1. The van der Waals surface area contributed by atoms with Crippen molar-refractivity contribution in [2.24, 2.45) is 0 Å². The molecular weight excluding hydrogens is 288 g/mol. The summed E-state index contributed by atoms with van der Waals surface area (Å²) in [4.78, 5) is 17.9. The molecule has 0 bridgehead atoms. The van der Waals surface area contributed by atoms with Gasteiger partial charge in [0.15, 0.2) is 0 Å². The monoisotopic (exact) mass is 306 g/mol. The number of hydrogen-bond donors (Lipinski definition) is 1. The molecule has 1 amide bonds. The third-order valence-electron chi connectivity index (χ3n) is 3.01. The van der Waals surface area contributed by atoms with Crippen LogP contribution in [0.15, 0.2) is 35.2 Å². The summed E-state index contributed by atoms with van der Waals surface area (Å²) in [6, 6.07) is 7.01. The number of aliphatic hydroxyl groups excluding tert-OH is 1. The number of aliphatic hydroxyl groups is 1. The average Bonchev–Trinajstić information content (AvgIpc) is 3.04. The number of hydrogen-bond acceptors (Lipinski definition) is 5. The van der Waals surface area contributed by atoms with Gasteiger partial charge in [0.05, 0.1) is 17.8 Å². The number of benzene rings is 1. The quantitative estimate of drug-likeness (QED) is 0.851. The molecule has 1 N–H and O–H groups in total. The van der Waals surface area contributed by atoms with Gasteiger partial charge in [-0.25, -0.2) is 4.98 Å². The van der Waals surface area contributed by atoms with Gasteiger partial charge in [0.25, 0.3) is 5.91 Å². The second-order valence-electron chi connectivity index (χ2n) is 4.40. The smallest absolute Gasteiger partial charge is 0.253 e. The van der Waals surface area contributed by atoms with Gasteiger partial charge in [0.1, 0.15) is 12.4 Å². The minimum Gasteiger partial charge on any atom is -0.487 e. The molecule has 5 nitrogen and oxygen atoms in total. The Labute approximate surface area is 127 Å². The summed E-state index contributed by atoms with van der Waals surface area (Å²) >= 11 is 1.53. The number of thiazole rings is 1. The zero-order valence-corrected chi connectivity index (χ0v) is 12.7. The number of aromatic nitrogens is 1. The average molecular weight is 306 g/mol. The van der Waals surface area contributed by atoms with Crippen LogP contribution in [-0.4, -0.2) is 40.6 Å². The zero-order chi connectivity index (χ0) is 15.1. The number of carbonyl (C=O) groups excluding carboxylic acids is 1. The van der Waals surface area contributed by atoms with Crippen LogP contribution in [0.5, 0.6) is 5.75 Å². The van der Waals surface area contributed by atoms with Crippen LogP contribution < -0.4 is 4.74 Å². The lowest BCUT2D eigenvalue weighted by molar-refractivity contribution is 0.0732. The van der Waals surface area contributed by atoms with Crippen LogP contribution in [0.3, 0.4) is 0 Å². The highest BCUT2D eigenvalue weighted by molar-refractivity contribution is 7.07. The van der Waals surface area contributed by atoms with Gasteiger partial charge in [-0.15, -0.1) is 11.3 Å². The van der Waals surface area contributed by atoms with Gasteiger partial charge < -0.3 is 14.7 Å². The molecule has 0 radical (unpaired) electrons. The molecular formula is C15H18N2O3S. The first kappa shape index (κ1) is 15.5. The molecule has 1 heterocycles. The molecule has 0 unspecified atom stereocenters. The number of amides is 1. The molecule has 2 rings (SSSR count). The van der Waals surface area contributed by atoms with E-state index in [4.69, 9.17) is 9.84 Å². The van der Waals surface area contributed by atoms with E-state index in [1.165, 1.54) is 11.3 Å². The topological polar surface area (TPSA) is 62.7 Å². The van der Waals surface area contributed by atoms with Crippen molar-refractivity contribution in [3.8, 4) is 5.75 Å². The third kappa shape index (κ3) is 4.27. The summed E-state index contributed by atoms with van der Waals surface area (Å²) in [7, 11) is 0. The fourth-order valence-electron chi connectivity index (χ4n) is 1.87. The van der Waals surface area contributed by atoms with Crippen molar-refractivity contribution < 1.29 is 14.6 Å². The molecule has 0 aliphatic heterocycles. The van der Waals surface area contributed by atoms with Gasteiger partial charge in [-0.3, -0.25) is 4.79 Å². The predicted octanol–water partition coefficient (Wildman–Crippen LogP) is 2.18. The van der Waals surface area contributed by atoms with E-state index in [1.807, 2.05) is 12.3 Å². The van der Waals surface area contributed by atoms with E-state index >= 15 is 0 Å². The van der Waals surface area contributed by atoms with Crippen molar-refractivity contribution in [2.75, 3.05) is 19.7 Å². The molecule has 21 heavy (non-hydrogen) atoms. The molecule has 0 aliphatic carbocycles. The SMILES string of the molecule is CCN(CCO)C(=O)c1ccc(OCc2cscn2)cc1. The van der Waals surface area contributed by atoms with Gasteiger partial charge in [-0.1, -0.05) is 0 Å². The van der Waals surface area contributed by atoms with Gasteiger partial charge in [-0.05, 0) is 31.2 Å². The van der Waals surface area contributed by atoms with Crippen molar-refractivity contribution in [1.29, 1.82) is 0 Å². The largest absolute Gasteiger partial charge is 0.487 e. The Morgan fingerprint density at radius 3 is 2.71 bits per heavy atom. The second kappa shape index (κ2) is 7.75. The van der Waals surface area contributed by atoms with Crippen LogP contribution in [0.25, 0.3) is 0 Å². The molecule has 0 saturated heterocycles. The lowest BCUT2D eigenvalue weighted by Gasteiger charge is -2.19. The highest BCUT2D eigenvalue weighted by atomic mass is 32.1. The van der Waals surface area contributed by atoms with Gasteiger partial charge in [0, 0.05) is 24.0 Å². The van der Waals surface area contributed by atoms with Gasteiger partial charge >= 0.3 is 0 Å². The first-order chi connectivity index (χ1) is 10.2. The van der Waals surface area contributed by atoms with Crippen LogP contribution in [0.1, 0.15) is 23.0 Å². The summed E-state index contributed by atoms with van der Waals surface area (Å²) in [5, 5.41) is 10.9. The lowest BCUT2D eigenvalue weighted by atomic mass is 10.2. The maximum atomic E-state index is 12.2. The summed E-state index contributed by atoms with van der Waals surface area (Å²) in [6.45, 7) is 3.19. The van der Waals surface area contributed by atoms with Crippen LogP contribution in [0, 0.1) is 0 Å². The van der Waals surface area contributed by atoms with E-state index in [9.17, 15) is 4.79 Å².